The topological polar surface area (TPSA) is 27.7 Å². The molecule has 0 aliphatic carbocycles. The third-order valence-corrected chi connectivity index (χ3v) is 6.89. The van der Waals surface area contributed by atoms with Crippen LogP contribution in [0.4, 0.5) is 0 Å². The molecule has 37 heavy (non-hydrogen) atoms. The molecule has 0 atom stereocenters. The van der Waals surface area contributed by atoms with E-state index in [9.17, 15) is 0 Å². The van der Waals surface area contributed by atoms with Gasteiger partial charge in [0.15, 0.2) is 6.61 Å². The Bertz CT molecular complexity index is 909. The lowest BCUT2D eigenvalue weighted by Gasteiger charge is -2.33. The average Bonchev–Trinajstić information content (AvgIpc) is 2.68. The van der Waals surface area contributed by atoms with E-state index in [4.69, 9.17) is 13.6 Å². The molecule has 3 nitrogen and oxygen atoms in total. The summed E-state index contributed by atoms with van der Waals surface area (Å²) in [6, 6.07) is 12.8. The van der Waals surface area contributed by atoms with Gasteiger partial charge in [0, 0.05) is 27.7 Å². The zero-order valence-electron chi connectivity index (χ0n) is 25.8. The summed E-state index contributed by atoms with van der Waals surface area (Å²) >= 11 is 0. The largest absolute Gasteiger partial charge is 0.463 e. The molecule has 2 aromatic rings. The highest BCUT2D eigenvalue weighted by molar-refractivity contribution is 7.42. The summed E-state index contributed by atoms with van der Waals surface area (Å²) in [6.45, 7) is 37.6. The standard InChI is InChI=1S/C33H50O3P/c1-29(2,3)22-34-37(35-27-23(30(4,5)6)18-16-19-24(27)31(7,8)9)36-28-25(32(10,11)12)20-17-21-26(28)33(13,14)15/h16-21H,1H2,2-15H3. The van der Waals surface area contributed by atoms with Crippen LogP contribution in [0.2, 0.25) is 0 Å². The summed E-state index contributed by atoms with van der Waals surface area (Å²) in [5.74, 6) is 1.64. The van der Waals surface area contributed by atoms with E-state index in [-0.39, 0.29) is 21.7 Å². The van der Waals surface area contributed by atoms with Crippen molar-refractivity contribution in [1.29, 1.82) is 0 Å². The van der Waals surface area contributed by atoms with Crippen molar-refractivity contribution in [3.05, 3.63) is 72.2 Å². The van der Waals surface area contributed by atoms with E-state index in [1.54, 1.807) is 0 Å². The van der Waals surface area contributed by atoms with Crippen LogP contribution in [0.25, 0.3) is 0 Å². The van der Waals surface area contributed by atoms with Crippen LogP contribution in [0.5, 0.6) is 11.5 Å². The molecular weight excluding hydrogens is 475 g/mol. The van der Waals surface area contributed by atoms with Gasteiger partial charge in [0.1, 0.15) is 11.5 Å². The van der Waals surface area contributed by atoms with Crippen molar-refractivity contribution >= 4 is 8.60 Å². The molecule has 0 N–H and O–H groups in total. The van der Waals surface area contributed by atoms with Gasteiger partial charge in [0.25, 0.3) is 0 Å². The maximum Gasteiger partial charge on any atom is 0.463 e. The second-order valence-electron chi connectivity index (χ2n) is 14.8. The highest BCUT2D eigenvalue weighted by atomic mass is 31.2. The number of para-hydroxylation sites is 2. The molecule has 2 aromatic carbocycles. The number of hydrogen-bond donors (Lipinski definition) is 0. The molecule has 0 unspecified atom stereocenters. The fourth-order valence-corrected chi connectivity index (χ4v) is 5.12. The van der Waals surface area contributed by atoms with E-state index >= 15 is 0 Å². The van der Waals surface area contributed by atoms with E-state index in [0.717, 1.165) is 33.8 Å². The molecule has 0 heterocycles. The normalized spacial score (nSPS) is 13.7. The SMILES string of the molecule is [CH2]C(C)(C)[C]OP(Oc1c(C(C)(C)C)cccc1C(C)(C)C)Oc1c(C(C)(C)C)cccc1C(C)(C)C. The quantitative estimate of drug-likeness (QED) is 0.337. The third kappa shape index (κ3) is 8.72. The van der Waals surface area contributed by atoms with Gasteiger partial charge in [-0.3, -0.25) is 4.52 Å². The molecule has 2 rings (SSSR count). The lowest BCUT2D eigenvalue weighted by molar-refractivity contribution is 0.259. The number of rotatable bonds is 7. The number of hydrogen-bond acceptors (Lipinski definition) is 3. The molecule has 205 valence electrons. The van der Waals surface area contributed by atoms with Crippen molar-refractivity contribution in [3.63, 3.8) is 0 Å². The van der Waals surface area contributed by atoms with Gasteiger partial charge in [-0.2, -0.15) is 0 Å². The summed E-state index contributed by atoms with van der Waals surface area (Å²) < 4.78 is 19.8. The summed E-state index contributed by atoms with van der Waals surface area (Å²) in [4.78, 5) is 0. The fourth-order valence-electron chi connectivity index (χ4n) is 4.00. The van der Waals surface area contributed by atoms with Crippen molar-refractivity contribution in [2.24, 2.45) is 5.41 Å². The minimum atomic E-state index is -1.88. The monoisotopic (exact) mass is 525 g/mol. The Balaban J connectivity index is 2.73. The zero-order chi connectivity index (χ0) is 28.6. The van der Waals surface area contributed by atoms with Gasteiger partial charge in [0.05, 0.1) is 0 Å². The summed E-state index contributed by atoms with van der Waals surface area (Å²) in [6.07, 6.45) is 0. The van der Waals surface area contributed by atoms with E-state index in [0.29, 0.717) is 0 Å². The van der Waals surface area contributed by atoms with Gasteiger partial charge in [-0.25, -0.2) is 0 Å². The first-order valence-electron chi connectivity index (χ1n) is 13.3. The van der Waals surface area contributed by atoms with Crippen LogP contribution < -0.4 is 9.05 Å². The molecular formula is C33H50O3P. The molecule has 0 aliphatic rings. The van der Waals surface area contributed by atoms with Crippen LogP contribution in [0.1, 0.15) is 119 Å². The highest BCUT2D eigenvalue weighted by Gasteiger charge is 2.34. The van der Waals surface area contributed by atoms with E-state index in [1.807, 2.05) is 13.8 Å². The molecule has 3 radical (unpaired) electrons. The van der Waals surface area contributed by atoms with E-state index in [1.165, 1.54) is 0 Å². The minimum absolute atomic E-state index is 0.128. The molecule has 0 bridgehead atoms. The second-order valence-corrected chi connectivity index (χ2v) is 15.8. The smallest absolute Gasteiger partial charge is 0.417 e. The molecule has 0 amide bonds. The molecule has 0 aromatic heterocycles. The lowest BCUT2D eigenvalue weighted by atomic mass is 9.79. The van der Waals surface area contributed by atoms with Gasteiger partial charge in [0.2, 0.25) is 0 Å². The van der Waals surface area contributed by atoms with Crippen LogP contribution in [0.15, 0.2) is 36.4 Å². The van der Waals surface area contributed by atoms with Gasteiger partial charge >= 0.3 is 8.60 Å². The van der Waals surface area contributed by atoms with Gasteiger partial charge in [-0.15, -0.1) is 0 Å². The van der Waals surface area contributed by atoms with E-state index in [2.05, 4.69) is 133 Å². The molecule has 0 fully saturated rings. The lowest BCUT2D eigenvalue weighted by Crippen LogP contribution is -2.21. The van der Waals surface area contributed by atoms with Crippen LogP contribution in [0, 0.1) is 18.9 Å². The van der Waals surface area contributed by atoms with Crippen molar-refractivity contribution in [2.75, 3.05) is 0 Å². The van der Waals surface area contributed by atoms with Crippen LogP contribution >= 0.6 is 8.60 Å². The Morgan fingerprint density at radius 3 is 1.03 bits per heavy atom. The van der Waals surface area contributed by atoms with Gasteiger partial charge in [-0.05, 0) is 28.6 Å². The summed E-state index contributed by atoms with van der Waals surface area (Å²) in [5.41, 5.74) is 3.43. The highest BCUT2D eigenvalue weighted by Crippen LogP contribution is 2.52. The van der Waals surface area contributed by atoms with Crippen LogP contribution in [-0.4, -0.2) is 0 Å². The minimum Gasteiger partial charge on any atom is -0.417 e. The predicted molar refractivity (Wildman–Crippen MR) is 159 cm³/mol. The Morgan fingerprint density at radius 1 is 0.541 bits per heavy atom. The molecule has 0 spiro atoms. The van der Waals surface area contributed by atoms with Crippen LogP contribution in [-0.2, 0) is 26.2 Å². The predicted octanol–water partition coefficient (Wildman–Crippen LogP) is 10.5. The first-order chi connectivity index (χ1) is 16.5. The Labute approximate surface area is 229 Å². The third-order valence-electron chi connectivity index (χ3n) is 5.99. The summed E-state index contributed by atoms with van der Waals surface area (Å²) in [7, 11) is -1.88. The molecule has 0 aliphatic heterocycles. The van der Waals surface area contributed by atoms with Crippen LogP contribution in [0.3, 0.4) is 0 Å². The van der Waals surface area contributed by atoms with Gasteiger partial charge < -0.3 is 9.05 Å². The van der Waals surface area contributed by atoms with Crippen molar-refractivity contribution in [1.82, 2.24) is 0 Å². The van der Waals surface area contributed by atoms with Gasteiger partial charge in [-0.1, -0.05) is 133 Å². The Kier molecular flexibility index (Phi) is 9.32. The first-order valence-corrected chi connectivity index (χ1v) is 14.3. The van der Waals surface area contributed by atoms with Crippen molar-refractivity contribution in [3.8, 4) is 11.5 Å². The zero-order valence-corrected chi connectivity index (χ0v) is 26.7. The molecule has 0 saturated carbocycles. The first kappa shape index (κ1) is 31.6. The molecule has 4 heteroatoms. The summed E-state index contributed by atoms with van der Waals surface area (Å²) in [5, 5.41) is 0. The maximum absolute atomic E-state index is 6.79. The van der Waals surface area contributed by atoms with Crippen molar-refractivity contribution < 1.29 is 13.6 Å². The Hall–Kier alpha value is -1.57. The molecule has 0 saturated heterocycles. The maximum atomic E-state index is 6.79. The van der Waals surface area contributed by atoms with Crippen molar-refractivity contribution in [2.45, 2.75) is 119 Å². The average molecular weight is 526 g/mol. The Morgan fingerprint density at radius 2 is 0.811 bits per heavy atom. The second kappa shape index (κ2) is 10.9. The number of benzene rings is 2. The van der Waals surface area contributed by atoms with E-state index < -0.39 is 14.0 Å². The fraction of sp³-hybridized carbons (Fsp3) is 0.576.